The maximum Gasteiger partial charge on any atom is 0.253 e. The number of hydrogen-bond donors (Lipinski definition) is 2. The van der Waals surface area contributed by atoms with Gasteiger partial charge in [0.15, 0.2) is 0 Å². The number of amides is 1. The third-order valence-electron chi connectivity index (χ3n) is 3.44. The van der Waals surface area contributed by atoms with Crippen molar-refractivity contribution in [2.24, 2.45) is 0 Å². The van der Waals surface area contributed by atoms with Crippen molar-refractivity contribution >= 4 is 29.0 Å². The average molecular weight is 279 g/mol. The molecular formula is C14H21N3OS. The van der Waals surface area contributed by atoms with Crippen LogP contribution >= 0.6 is 11.8 Å². The van der Waals surface area contributed by atoms with E-state index in [1.165, 1.54) is 5.75 Å². The third kappa shape index (κ3) is 3.15. The number of benzene rings is 1. The van der Waals surface area contributed by atoms with Gasteiger partial charge < -0.3 is 16.0 Å². The quantitative estimate of drug-likeness (QED) is 0.827. The van der Waals surface area contributed by atoms with Crippen LogP contribution in [0.15, 0.2) is 18.2 Å². The molecule has 0 aliphatic carbocycles. The minimum absolute atomic E-state index is 0.0324. The summed E-state index contributed by atoms with van der Waals surface area (Å²) < 4.78 is 0. The van der Waals surface area contributed by atoms with Gasteiger partial charge in [-0.3, -0.25) is 4.79 Å². The molecule has 1 aromatic carbocycles. The lowest BCUT2D eigenvalue weighted by atomic mass is 10.1. The van der Waals surface area contributed by atoms with Gasteiger partial charge in [0.05, 0.1) is 11.3 Å². The van der Waals surface area contributed by atoms with Crippen LogP contribution in [-0.2, 0) is 0 Å². The first kappa shape index (κ1) is 14.1. The number of nitrogens with one attached hydrogen (secondary N) is 1. The van der Waals surface area contributed by atoms with Crippen LogP contribution in [0.4, 0.5) is 11.4 Å². The van der Waals surface area contributed by atoms with E-state index in [4.69, 9.17) is 5.73 Å². The Balaban J connectivity index is 2.30. The molecule has 1 aliphatic rings. The fraction of sp³-hybridized carbons (Fsp3) is 0.500. The van der Waals surface area contributed by atoms with E-state index in [0.29, 0.717) is 23.8 Å². The molecule has 1 aliphatic heterocycles. The van der Waals surface area contributed by atoms with Crippen molar-refractivity contribution in [2.45, 2.75) is 19.4 Å². The molecule has 1 aromatic rings. The van der Waals surface area contributed by atoms with E-state index in [1.807, 2.05) is 37.9 Å². The van der Waals surface area contributed by atoms with Crippen LogP contribution in [0.2, 0.25) is 0 Å². The van der Waals surface area contributed by atoms with Crippen LogP contribution in [0.1, 0.15) is 23.7 Å². The van der Waals surface area contributed by atoms with Crippen molar-refractivity contribution in [3.63, 3.8) is 0 Å². The molecule has 3 N–H and O–H groups in total. The molecule has 0 radical (unpaired) electrons. The second kappa shape index (κ2) is 6.19. The number of nitrogens with two attached hydrogens (primary N) is 1. The Hall–Kier alpha value is -1.36. The summed E-state index contributed by atoms with van der Waals surface area (Å²) in [5.41, 5.74) is 8.20. The molecule has 4 nitrogen and oxygen atoms in total. The number of carbonyl (C=O) groups is 1. The predicted octanol–water partition coefficient (Wildman–Crippen LogP) is 1.96. The lowest BCUT2D eigenvalue weighted by Gasteiger charge is -2.28. The molecule has 1 saturated heterocycles. The predicted molar refractivity (Wildman–Crippen MR) is 83.0 cm³/mol. The van der Waals surface area contributed by atoms with Gasteiger partial charge in [0.25, 0.3) is 5.91 Å². The first-order valence-electron chi connectivity index (χ1n) is 6.61. The summed E-state index contributed by atoms with van der Waals surface area (Å²) in [6, 6.07) is 5.98. The SMILES string of the molecule is CCNC(=O)c1ccc(N)cc1N(C)C1CCSC1. The number of thioether (sulfide) groups is 1. The zero-order valence-electron chi connectivity index (χ0n) is 11.5. The Morgan fingerprint density at radius 3 is 3.00 bits per heavy atom. The molecule has 1 fully saturated rings. The Bertz CT molecular complexity index is 458. The molecule has 1 atom stereocenters. The summed E-state index contributed by atoms with van der Waals surface area (Å²) in [4.78, 5) is 14.3. The fourth-order valence-electron chi connectivity index (χ4n) is 2.31. The van der Waals surface area contributed by atoms with Gasteiger partial charge in [-0.05, 0) is 37.3 Å². The van der Waals surface area contributed by atoms with Crippen molar-refractivity contribution in [2.75, 3.05) is 35.7 Å². The van der Waals surface area contributed by atoms with Crippen molar-refractivity contribution in [3.8, 4) is 0 Å². The first-order chi connectivity index (χ1) is 9.13. The summed E-state index contributed by atoms with van der Waals surface area (Å²) in [6.45, 7) is 2.55. The van der Waals surface area contributed by atoms with E-state index in [1.54, 1.807) is 6.07 Å². The van der Waals surface area contributed by atoms with E-state index in [9.17, 15) is 4.79 Å². The van der Waals surface area contributed by atoms with Gasteiger partial charge in [0.1, 0.15) is 0 Å². The van der Waals surface area contributed by atoms with Crippen LogP contribution < -0.4 is 16.0 Å². The van der Waals surface area contributed by atoms with Crippen molar-refractivity contribution < 1.29 is 4.79 Å². The maximum atomic E-state index is 12.1. The number of carbonyl (C=O) groups excluding carboxylic acids is 1. The lowest BCUT2D eigenvalue weighted by molar-refractivity contribution is 0.0956. The van der Waals surface area contributed by atoms with Crippen LogP contribution in [-0.4, -0.2) is 37.0 Å². The molecule has 2 rings (SSSR count). The molecule has 0 spiro atoms. The summed E-state index contributed by atoms with van der Waals surface area (Å²) in [7, 11) is 2.05. The van der Waals surface area contributed by atoms with Gasteiger partial charge in [-0.15, -0.1) is 0 Å². The highest BCUT2D eigenvalue weighted by molar-refractivity contribution is 7.99. The monoisotopic (exact) mass is 279 g/mol. The van der Waals surface area contributed by atoms with Crippen molar-refractivity contribution in [3.05, 3.63) is 23.8 Å². The maximum absolute atomic E-state index is 12.1. The summed E-state index contributed by atoms with van der Waals surface area (Å²) in [6.07, 6.45) is 1.16. The summed E-state index contributed by atoms with van der Waals surface area (Å²) >= 11 is 1.96. The highest BCUT2D eigenvalue weighted by atomic mass is 32.2. The highest BCUT2D eigenvalue weighted by Crippen LogP contribution is 2.29. The molecule has 0 aromatic heterocycles. The van der Waals surface area contributed by atoms with Gasteiger partial charge in [-0.1, -0.05) is 0 Å². The largest absolute Gasteiger partial charge is 0.399 e. The molecule has 1 amide bonds. The smallest absolute Gasteiger partial charge is 0.253 e. The third-order valence-corrected chi connectivity index (χ3v) is 4.58. The molecule has 5 heteroatoms. The normalized spacial score (nSPS) is 18.3. The summed E-state index contributed by atoms with van der Waals surface area (Å²) in [5.74, 6) is 2.27. The van der Waals surface area contributed by atoms with Crippen molar-refractivity contribution in [1.82, 2.24) is 5.32 Å². The Morgan fingerprint density at radius 2 is 2.37 bits per heavy atom. The number of rotatable bonds is 4. The second-order valence-electron chi connectivity index (χ2n) is 4.76. The fourth-order valence-corrected chi connectivity index (χ4v) is 3.58. The molecule has 1 heterocycles. The number of hydrogen-bond acceptors (Lipinski definition) is 4. The average Bonchev–Trinajstić information content (AvgIpc) is 2.91. The standard InChI is InChI=1S/C14H21N3OS/c1-3-16-14(18)12-5-4-10(15)8-13(12)17(2)11-6-7-19-9-11/h4-5,8,11H,3,6-7,9,15H2,1-2H3,(H,16,18). The first-order valence-corrected chi connectivity index (χ1v) is 7.77. The van der Waals surface area contributed by atoms with E-state index >= 15 is 0 Å². The minimum Gasteiger partial charge on any atom is -0.399 e. The van der Waals surface area contributed by atoms with Gasteiger partial charge >= 0.3 is 0 Å². The van der Waals surface area contributed by atoms with E-state index < -0.39 is 0 Å². The molecule has 1 unspecified atom stereocenters. The highest BCUT2D eigenvalue weighted by Gasteiger charge is 2.23. The van der Waals surface area contributed by atoms with Crippen LogP contribution in [0.5, 0.6) is 0 Å². The molecule has 104 valence electrons. The van der Waals surface area contributed by atoms with Crippen molar-refractivity contribution in [1.29, 1.82) is 0 Å². The second-order valence-corrected chi connectivity index (χ2v) is 5.91. The number of nitrogens with zero attached hydrogens (tertiary/aromatic N) is 1. The summed E-state index contributed by atoms with van der Waals surface area (Å²) in [5, 5.41) is 2.86. The van der Waals surface area contributed by atoms with E-state index in [0.717, 1.165) is 17.9 Å². The van der Waals surface area contributed by atoms with Crippen LogP contribution in [0, 0.1) is 0 Å². The molecular weight excluding hydrogens is 258 g/mol. The van der Waals surface area contributed by atoms with E-state index in [2.05, 4.69) is 10.2 Å². The van der Waals surface area contributed by atoms with Gasteiger partial charge in [0.2, 0.25) is 0 Å². The molecule has 19 heavy (non-hydrogen) atoms. The van der Waals surface area contributed by atoms with E-state index in [-0.39, 0.29) is 5.91 Å². The number of nitrogen functional groups attached to an aromatic ring is 1. The van der Waals surface area contributed by atoms with Crippen LogP contribution in [0.25, 0.3) is 0 Å². The Kier molecular flexibility index (Phi) is 4.58. The zero-order valence-corrected chi connectivity index (χ0v) is 12.3. The minimum atomic E-state index is -0.0324. The van der Waals surface area contributed by atoms with Gasteiger partial charge in [0, 0.05) is 31.1 Å². The Labute approximate surface area is 118 Å². The molecule has 0 saturated carbocycles. The topological polar surface area (TPSA) is 58.4 Å². The lowest BCUT2D eigenvalue weighted by Crippen LogP contribution is -2.34. The van der Waals surface area contributed by atoms with Crippen LogP contribution in [0.3, 0.4) is 0 Å². The van der Waals surface area contributed by atoms with Gasteiger partial charge in [-0.25, -0.2) is 0 Å². The number of anilines is 2. The Morgan fingerprint density at radius 1 is 1.58 bits per heavy atom. The van der Waals surface area contributed by atoms with Gasteiger partial charge in [-0.2, -0.15) is 11.8 Å². The zero-order chi connectivity index (χ0) is 13.8. The molecule has 0 bridgehead atoms.